The maximum absolute atomic E-state index is 12.8. The summed E-state index contributed by atoms with van der Waals surface area (Å²) in [5, 5.41) is 7.83. The summed E-state index contributed by atoms with van der Waals surface area (Å²) in [5.74, 6) is 0.699. The lowest BCUT2D eigenvalue weighted by molar-refractivity contribution is 0.0707. The zero-order valence-electron chi connectivity index (χ0n) is 13.6. The zero-order valence-corrected chi connectivity index (χ0v) is 13.6. The Bertz CT molecular complexity index is 463. The van der Waals surface area contributed by atoms with Crippen LogP contribution in [0.1, 0.15) is 49.3 Å². The van der Waals surface area contributed by atoms with E-state index in [2.05, 4.69) is 24.3 Å². The third-order valence-corrected chi connectivity index (χ3v) is 4.17. The second-order valence-corrected chi connectivity index (χ2v) is 5.96. The molecule has 1 aliphatic rings. The first kappa shape index (κ1) is 16.0. The van der Waals surface area contributed by atoms with Gasteiger partial charge in [0.2, 0.25) is 0 Å². The molecule has 0 saturated carbocycles. The number of rotatable bonds is 6. The molecule has 1 N–H and O–H groups in total. The quantitative estimate of drug-likeness (QED) is 0.870. The second kappa shape index (κ2) is 7.59. The molecule has 1 aliphatic heterocycles. The molecule has 5 nitrogen and oxygen atoms in total. The first-order valence-corrected chi connectivity index (χ1v) is 8.18. The number of nitrogens with zero attached hydrogens (tertiary/aromatic N) is 3. The molecule has 21 heavy (non-hydrogen) atoms. The summed E-state index contributed by atoms with van der Waals surface area (Å²) in [7, 11) is 1.86. The molecule has 1 saturated heterocycles. The van der Waals surface area contributed by atoms with Crippen LogP contribution in [0.5, 0.6) is 0 Å². The Morgan fingerprint density at radius 2 is 2.33 bits per heavy atom. The standard InChI is InChI=1S/C16H28N4O/c1-4-9-20(12-13-7-6-8-17-11-13)16(21)15-10-14(5-2)18-19(15)3/h10,13,17H,4-9,11-12H2,1-3H3. The van der Waals surface area contributed by atoms with Crippen LogP contribution in [0.4, 0.5) is 0 Å². The van der Waals surface area contributed by atoms with Gasteiger partial charge in [-0.3, -0.25) is 9.48 Å². The Kier molecular flexibility index (Phi) is 5.79. The van der Waals surface area contributed by atoms with Gasteiger partial charge >= 0.3 is 0 Å². The molecule has 1 aromatic rings. The number of piperidine rings is 1. The Balaban J connectivity index is 2.08. The van der Waals surface area contributed by atoms with E-state index in [1.807, 2.05) is 18.0 Å². The zero-order chi connectivity index (χ0) is 15.2. The minimum absolute atomic E-state index is 0.122. The molecule has 2 rings (SSSR count). The van der Waals surface area contributed by atoms with Crippen LogP contribution >= 0.6 is 0 Å². The highest BCUT2D eigenvalue weighted by Gasteiger charge is 2.23. The van der Waals surface area contributed by atoms with Gasteiger partial charge in [-0.2, -0.15) is 5.10 Å². The number of amides is 1. The van der Waals surface area contributed by atoms with Crippen molar-refractivity contribution in [2.24, 2.45) is 13.0 Å². The van der Waals surface area contributed by atoms with E-state index in [4.69, 9.17) is 0 Å². The summed E-state index contributed by atoms with van der Waals surface area (Å²) in [6.07, 6.45) is 4.28. The smallest absolute Gasteiger partial charge is 0.272 e. The lowest BCUT2D eigenvalue weighted by Gasteiger charge is -2.30. The molecule has 0 bridgehead atoms. The summed E-state index contributed by atoms with van der Waals surface area (Å²) < 4.78 is 1.73. The molecule has 1 unspecified atom stereocenters. The highest BCUT2D eigenvalue weighted by Crippen LogP contribution is 2.15. The Hall–Kier alpha value is -1.36. The van der Waals surface area contributed by atoms with Crippen molar-refractivity contribution < 1.29 is 4.79 Å². The van der Waals surface area contributed by atoms with Crippen LogP contribution in [0.15, 0.2) is 6.07 Å². The van der Waals surface area contributed by atoms with Gasteiger partial charge in [-0.25, -0.2) is 0 Å². The lowest BCUT2D eigenvalue weighted by atomic mass is 9.99. The van der Waals surface area contributed by atoms with Gasteiger partial charge in [0.1, 0.15) is 5.69 Å². The van der Waals surface area contributed by atoms with Crippen molar-refractivity contribution in [3.05, 3.63) is 17.5 Å². The predicted octanol–water partition coefficient (Wildman–Crippen LogP) is 1.83. The Labute approximate surface area is 127 Å². The summed E-state index contributed by atoms with van der Waals surface area (Å²) in [6.45, 7) is 8.00. The van der Waals surface area contributed by atoms with Gasteiger partial charge in [-0.1, -0.05) is 13.8 Å². The first-order chi connectivity index (χ1) is 10.2. The van der Waals surface area contributed by atoms with Crippen molar-refractivity contribution in [3.63, 3.8) is 0 Å². The van der Waals surface area contributed by atoms with Crippen molar-refractivity contribution in [1.29, 1.82) is 0 Å². The highest BCUT2D eigenvalue weighted by molar-refractivity contribution is 5.92. The van der Waals surface area contributed by atoms with Gasteiger partial charge in [-0.15, -0.1) is 0 Å². The normalized spacial score (nSPS) is 18.7. The summed E-state index contributed by atoms with van der Waals surface area (Å²) in [6, 6.07) is 1.93. The fourth-order valence-electron chi connectivity index (χ4n) is 3.00. The summed E-state index contributed by atoms with van der Waals surface area (Å²) in [4.78, 5) is 14.8. The molecule has 2 heterocycles. The third-order valence-electron chi connectivity index (χ3n) is 4.17. The molecule has 118 valence electrons. The summed E-state index contributed by atoms with van der Waals surface area (Å²) in [5.41, 5.74) is 1.70. The van der Waals surface area contributed by atoms with Crippen LogP contribution in [0.2, 0.25) is 0 Å². The Morgan fingerprint density at radius 3 is 2.90 bits per heavy atom. The summed E-state index contributed by atoms with van der Waals surface area (Å²) >= 11 is 0. The maximum atomic E-state index is 12.8. The van der Waals surface area contributed by atoms with Gasteiger partial charge in [0.25, 0.3) is 5.91 Å². The van der Waals surface area contributed by atoms with Gasteiger partial charge in [0, 0.05) is 20.1 Å². The lowest BCUT2D eigenvalue weighted by Crippen LogP contribution is -2.41. The molecule has 0 aliphatic carbocycles. The molecule has 0 radical (unpaired) electrons. The fourth-order valence-corrected chi connectivity index (χ4v) is 3.00. The van der Waals surface area contributed by atoms with Crippen LogP contribution in [0.25, 0.3) is 0 Å². The van der Waals surface area contributed by atoms with E-state index < -0.39 is 0 Å². The molecule has 0 spiro atoms. The van der Waals surface area contributed by atoms with Crippen LogP contribution in [-0.2, 0) is 13.5 Å². The van der Waals surface area contributed by atoms with E-state index in [1.54, 1.807) is 4.68 Å². The fraction of sp³-hybridized carbons (Fsp3) is 0.750. The second-order valence-electron chi connectivity index (χ2n) is 5.96. The molecular formula is C16H28N4O. The van der Waals surface area contributed by atoms with E-state index in [0.717, 1.165) is 44.7 Å². The van der Waals surface area contributed by atoms with Gasteiger partial charge in [-0.05, 0) is 50.8 Å². The van der Waals surface area contributed by atoms with E-state index in [9.17, 15) is 4.79 Å². The number of nitrogens with one attached hydrogen (secondary N) is 1. The largest absolute Gasteiger partial charge is 0.337 e. The monoisotopic (exact) mass is 292 g/mol. The molecular weight excluding hydrogens is 264 g/mol. The van der Waals surface area contributed by atoms with Crippen LogP contribution in [0, 0.1) is 5.92 Å². The molecule has 5 heteroatoms. The first-order valence-electron chi connectivity index (χ1n) is 8.18. The van der Waals surface area contributed by atoms with Gasteiger partial charge in [0.05, 0.1) is 5.69 Å². The van der Waals surface area contributed by atoms with Crippen LogP contribution in [-0.4, -0.2) is 46.8 Å². The van der Waals surface area contributed by atoms with Crippen LogP contribution < -0.4 is 5.32 Å². The maximum Gasteiger partial charge on any atom is 0.272 e. The average molecular weight is 292 g/mol. The van der Waals surface area contributed by atoms with Crippen molar-refractivity contribution in [2.75, 3.05) is 26.2 Å². The molecule has 1 fully saturated rings. The molecule has 1 atom stereocenters. The van der Waals surface area contributed by atoms with Crippen molar-refractivity contribution >= 4 is 5.91 Å². The van der Waals surface area contributed by atoms with Crippen LogP contribution in [0.3, 0.4) is 0 Å². The number of carbonyl (C=O) groups is 1. The minimum Gasteiger partial charge on any atom is -0.337 e. The molecule has 1 amide bonds. The number of carbonyl (C=O) groups excluding carboxylic acids is 1. The Morgan fingerprint density at radius 1 is 1.52 bits per heavy atom. The number of aromatic nitrogens is 2. The SMILES string of the molecule is CCCN(CC1CCCNC1)C(=O)c1cc(CC)nn1C. The number of hydrogen-bond acceptors (Lipinski definition) is 3. The van der Waals surface area contributed by atoms with Crippen molar-refractivity contribution in [3.8, 4) is 0 Å². The minimum atomic E-state index is 0.122. The van der Waals surface area contributed by atoms with Gasteiger partial charge in [0.15, 0.2) is 0 Å². The van der Waals surface area contributed by atoms with Gasteiger partial charge < -0.3 is 10.2 Å². The number of aryl methyl sites for hydroxylation is 2. The van der Waals surface area contributed by atoms with Crippen molar-refractivity contribution in [2.45, 2.75) is 39.5 Å². The van der Waals surface area contributed by atoms with E-state index in [-0.39, 0.29) is 5.91 Å². The average Bonchev–Trinajstić information content (AvgIpc) is 2.88. The van der Waals surface area contributed by atoms with Crippen molar-refractivity contribution in [1.82, 2.24) is 20.0 Å². The van der Waals surface area contributed by atoms with E-state index in [1.165, 1.54) is 12.8 Å². The van der Waals surface area contributed by atoms with E-state index in [0.29, 0.717) is 11.6 Å². The van der Waals surface area contributed by atoms with E-state index >= 15 is 0 Å². The molecule has 1 aromatic heterocycles. The predicted molar refractivity (Wildman–Crippen MR) is 84.4 cm³/mol. The number of hydrogen-bond donors (Lipinski definition) is 1. The third kappa shape index (κ3) is 4.06. The topological polar surface area (TPSA) is 50.2 Å². The highest BCUT2D eigenvalue weighted by atomic mass is 16.2. The molecule has 0 aromatic carbocycles.